The number of fused-ring (bicyclic) bond motifs is 1. The highest BCUT2D eigenvalue weighted by atomic mass is 16.2. The third kappa shape index (κ3) is 2.08. The lowest BCUT2D eigenvalue weighted by Crippen LogP contribution is -2.20. The fourth-order valence-corrected chi connectivity index (χ4v) is 3.44. The van der Waals surface area contributed by atoms with Crippen LogP contribution in [0.15, 0.2) is 30.3 Å². The van der Waals surface area contributed by atoms with Gasteiger partial charge in [-0.2, -0.15) is 0 Å². The minimum Gasteiger partial charge on any atom is -0.346 e. The van der Waals surface area contributed by atoms with Crippen molar-refractivity contribution in [3.63, 3.8) is 0 Å². The van der Waals surface area contributed by atoms with Crippen molar-refractivity contribution < 1.29 is 4.79 Å². The fraction of sp³-hybridized carbons (Fsp3) is 0.316. The van der Waals surface area contributed by atoms with E-state index in [0.717, 1.165) is 22.4 Å². The maximum absolute atomic E-state index is 12.6. The number of rotatable bonds is 2. The summed E-state index contributed by atoms with van der Waals surface area (Å²) in [6, 6.07) is 10.5. The van der Waals surface area contributed by atoms with Crippen molar-refractivity contribution in [2.45, 2.75) is 33.7 Å². The number of para-hydroxylation sites is 1. The monoisotopic (exact) mass is 294 g/mol. The summed E-state index contributed by atoms with van der Waals surface area (Å²) in [5.74, 6) is 0.0653. The van der Waals surface area contributed by atoms with Crippen molar-refractivity contribution in [1.82, 2.24) is 4.57 Å². The molecule has 3 heteroatoms. The van der Waals surface area contributed by atoms with Gasteiger partial charge < -0.3 is 9.47 Å². The highest BCUT2D eigenvalue weighted by molar-refractivity contribution is 6.35. The maximum atomic E-state index is 12.6. The van der Waals surface area contributed by atoms with E-state index in [1.165, 1.54) is 11.4 Å². The number of amides is 1. The maximum Gasteiger partial charge on any atom is 0.258 e. The predicted molar refractivity (Wildman–Crippen MR) is 92.0 cm³/mol. The molecule has 0 saturated carbocycles. The lowest BCUT2D eigenvalue weighted by Gasteiger charge is -2.13. The molecule has 3 nitrogen and oxygen atoms in total. The molecule has 2 aromatic rings. The largest absolute Gasteiger partial charge is 0.346 e. The van der Waals surface area contributed by atoms with Gasteiger partial charge in [0.2, 0.25) is 0 Å². The molecule has 1 aliphatic rings. The van der Waals surface area contributed by atoms with Crippen molar-refractivity contribution in [2.75, 3.05) is 11.9 Å². The Labute approximate surface area is 131 Å². The quantitative estimate of drug-likeness (QED) is 0.762. The Bertz CT molecular complexity index is 781. The van der Waals surface area contributed by atoms with E-state index in [0.29, 0.717) is 6.04 Å². The molecule has 1 aromatic carbocycles. The van der Waals surface area contributed by atoms with E-state index in [4.69, 9.17) is 0 Å². The Kier molecular flexibility index (Phi) is 3.44. The Morgan fingerprint density at radius 1 is 1.14 bits per heavy atom. The van der Waals surface area contributed by atoms with Crippen molar-refractivity contribution in [1.29, 1.82) is 0 Å². The highest BCUT2D eigenvalue weighted by Gasteiger charge is 2.29. The van der Waals surface area contributed by atoms with Gasteiger partial charge in [0.1, 0.15) is 0 Å². The summed E-state index contributed by atoms with van der Waals surface area (Å²) in [6.45, 7) is 8.60. The summed E-state index contributed by atoms with van der Waals surface area (Å²) >= 11 is 0. The van der Waals surface area contributed by atoms with Crippen LogP contribution in [0.2, 0.25) is 0 Å². The number of carbonyl (C=O) groups excluding carboxylic acids is 1. The van der Waals surface area contributed by atoms with Crippen LogP contribution in [0, 0.1) is 13.8 Å². The topological polar surface area (TPSA) is 25.2 Å². The Hall–Kier alpha value is -2.29. The summed E-state index contributed by atoms with van der Waals surface area (Å²) in [5.41, 5.74) is 6.34. The Morgan fingerprint density at radius 2 is 1.82 bits per heavy atom. The standard InChI is InChI=1S/C19H22N2O/c1-12(2)21-13(3)10-15(14(21)4)11-17-16-8-6-7-9-18(16)20(5)19(17)22/h6-12H,1-5H3/b17-11-. The molecule has 3 rings (SSSR count). The molecule has 2 heterocycles. The van der Waals surface area contributed by atoms with Gasteiger partial charge in [-0.3, -0.25) is 4.79 Å². The zero-order valence-corrected chi connectivity index (χ0v) is 13.8. The van der Waals surface area contributed by atoms with Crippen LogP contribution in [0.3, 0.4) is 0 Å². The number of hydrogen-bond acceptors (Lipinski definition) is 1. The lowest BCUT2D eigenvalue weighted by atomic mass is 10.0. The normalized spacial score (nSPS) is 16.0. The second-order valence-corrected chi connectivity index (χ2v) is 6.23. The second kappa shape index (κ2) is 5.16. The molecule has 0 fully saturated rings. The molecule has 1 aliphatic heterocycles. The number of anilines is 1. The van der Waals surface area contributed by atoms with Crippen molar-refractivity contribution >= 4 is 23.2 Å². The summed E-state index contributed by atoms with van der Waals surface area (Å²) in [6.07, 6.45) is 2.03. The first-order valence-corrected chi connectivity index (χ1v) is 7.69. The van der Waals surface area contributed by atoms with Gasteiger partial charge in [-0.25, -0.2) is 0 Å². The first-order valence-electron chi connectivity index (χ1n) is 7.69. The number of benzene rings is 1. The molecule has 1 amide bonds. The smallest absolute Gasteiger partial charge is 0.258 e. The molecule has 0 unspecified atom stereocenters. The van der Waals surface area contributed by atoms with Gasteiger partial charge in [-0.1, -0.05) is 18.2 Å². The summed E-state index contributed by atoms with van der Waals surface area (Å²) < 4.78 is 2.31. The first-order chi connectivity index (χ1) is 10.4. The molecule has 0 atom stereocenters. The Morgan fingerprint density at radius 3 is 2.45 bits per heavy atom. The SMILES string of the molecule is Cc1cc(/C=C2\C(=O)N(C)c3ccccc32)c(C)n1C(C)C. The number of aromatic nitrogens is 1. The average Bonchev–Trinajstić information content (AvgIpc) is 2.89. The van der Waals surface area contributed by atoms with Crippen LogP contribution in [-0.4, -0.2) is 17.5 Å². The number of nitrogens with zero attached hydrogens (tertiary/aromatic N) is 2. The van der Waals surface area contributed by atoms with E-state index in [-0.39, 0.29) is 5.91 Å². The third-order valence-electron chi connectivity index (χ3n) is 4.43. The summed E-state index contributed by atoms with van der Waals surface area (Å²) in [4.78, 5) is 14.3. The molecule has 0 aliphatic carbocycles. The van der Waals surface area contributed by atoms with E-state index >= 15 is 0 Å². The first kappa shape index (κ1) is 14.6. The van der Waals surface area contributed by atoms with E-state index in [9.17, 15) is 4.79 Å². The molecule has 0 bridgehead atoms. The van der Waals surface area contributed by atoms with Crippen LogP contribution in [-0.2, 0) is 4.79 Å². The van der Waals surface area contributed by atoms with Crippen LogP contribution >= 0.6 is 0 Å². The Balaban J connectivity index is 2.14. The van der Waals surface area contributed by atoms with Crippen LogP contribution in [0.25, 0.3) is 11.6 Å². The summed E-state index contributed by atoms with van der Waals surface area (Å²) in [5, 5.41) is 0. The van der Waals surface area contributed by atoms with E-state index < -0.39 is 0 Å². The molecule has 0 saturated heterocycles. The van der Waals surface area contributed by atoms with Gasteiger partial charge in [-0.15, -0.1) is 0 Å². The van der Waals surface area contributed by atoms with Gasteiger partial charge in [0.25, 0.3) is 5.91 Å². The predicted octanol–water partition coefficient (Wildman–Crippen LogP) is 4.20. The van der Waals surface area contributed by atoms with Crippen molar-refractivity contribution in [3.05, 3.63) is 52.8 Å². The number of aryl methyl sites for hydroxylation is 1. The molecular weight excluding hydrogens is 272 g/mol. The molecule has 114 valence electrons. The van der Waals surface area contributed by atoms with Crippen LogP contribution in [0.4, 0.5) is 5.69 Å². The molecular formula is C19H22N2O. The number of carbonyl (C=O) groups is 1. The van der Waals surface area contributed by atoms with Crippen molar-refractivity contribution in [3.8, 4) is 0 Å². The molecule has 0 N–H and O–H groups in total. The van der Waals surface area contributed by atoms with E-state index in [1.54, 1.807) is 4.90 Å². The van der Waals surface area contributed by atoms with Crippen LogP contribution < -0.4 is 4.90 Å². The van der Waals surface area contributed by atoms with E-state index in [1.807, 2.05) is 37.4 Å². The minimum atomic E-state index is 0.0653. The van der Waals surface area contributed by atoms with Gasteiger partial charge in [-0.05, 0) is 51.5 Å². The van der Waals surface area contributed by atoms with Gasteiger partial charge in [0.15, 0.2) is 0 Å². The zero-order chi connectivity index (χ0) is 16.0. The average molecular weight is 294 g/mol. The minimum absolute atomic E-state index is 0.0653. The van der Waals surface area contributed by atoms with Crippen LogP contribution in [0.1, 0.15) is 42.4 Å². The molecule has 22 heavy (non-hydrogen) atoms. The summed E-state index contributed by atoms with van der Waals surface area (Å²) in [7, 11) is 1.83. The third-order valence-corrected chi connectivity index (χ3v) is 4.43. The fourth-order valence-electron chi connectivity index (χ4n) is 3.44. The lowest BCUT2D eigenvalue weighted by molar-refractivity contribution is -0.112. The van der Waals surface area contributed by atoms with E-state index in [2.05, 4.69) is 38.3 Å². The molecule has 0 spiro atoms. The van der Waals surface area contributed by atoms with Gasteiger partial charge >= 0.3 is 0 Å². The zero-order valence-electron chi connectivity index (χ0n) is 13.8. The van der Waals surface area contributed by atoms with Gasteiger partial charge in [0, 0.05) is 35.6 Å². The number of likely N-dealkylation sites (N-methyl/N-ethyl adjacent to an activating group) is 1. The van der Waals surface area contributed by atoms with Crippen LogP contribution in [0.5, 0.6) is 0 Å². The second-order valence-electron chi connectivity index (χ2n) is 6.23. The highest BCUT2D eigenvalue weighted by Crippen LogP contribution is 2.37. The molecule has 0 radical (unpaired) electrons. The number of hydrogen-bond donors (Lipinski definition) is 0. The van der Waals surface area contributed by atoms with Gasteiger partial charge in [0.05, 0.1) is 5.69 Å². The molecule has 1 aromatic heterocycles. The van der Waals surface area contributed by atoms with Crippen molar-refractivity contribution in [2.24, 2.45) is 0 Å².